The summed E-state index contributed by atoms with van der Waals surface area (Å²) in [5.41, 5.74) is 0.922. The maximum absolute atomic E-state index is 12.9. The number of hydrogen-bond donors (Lipinski definition) is 5. The SMILES string of the molecule is CC[C@H](C)[C@H](NC(=O)N1CC(=O)Nc2ccccc21)C(=O)N[C@H](CCC(=O)O)C(=O)O. The van der Waals surface area contributed by atoms with E-state index in [4.69, 9.17) is 5.11 Å². The molecule has 0 unspecified atom stereocenters. The highest BCUT2D eigenvalue weighted by molar-refractivity contribution is 6.10. The smallest absolute Gasteiger partial charge is 0.326 e. The number of urea groups is 1. The van der Waals surface area contributed by atoms with Crippen LogP contribution in [-0.2, 0) is 19.2 Å². The molecule has 2 rings (SSSR count). The van der Waals surface area contributed by atoms with Crippen molar-refractivity contribution in [3.63, 3.8) is 0 Å². The Morgan fingerprint density at radius 1 is 1.16 bits per heavy atom. The number of nitrogens with zero attached hydrogens (tertiary/aromatic N) is 1. The molecule has 31 heavy (non-hydrogen) atoms. The van der Waals surface area contributed by atoms with Crippen molar-refractivity contribution in [1.29, 1.82) is 0 Å². The number of carbonyl (C=O) groups is 5. The van der Waals surface area contributed by atoms with Crippen molar-refractivity contribution in [2.75, 3.05) is 16.8 Å². The lowest BCUT2D eigenvalue weighted by Gasteiger charge is -2.32. The second-order valence-corrected chi connectivity index (χ2v) is 7.30. The minimum atomic E-state index is -1.41. The van der Waals surface area contributed by atoms with E-state index in [9.17, 15) is 29.1 Å². The average Bonchev–Trinajstić information content (AvgIpc) is 2.72. The highest BCUT2D eigenvalue weighted by Crippen LogP contribution is 2.29. The van der Waals surface area contributed by atoms with Gasteiger partial charge >= 0.3 is 18.0 Å². The number of anilines is 2. The molecule has 0 radical (unpaired) electrons. The van der Waals surface area contributed by atoms with E-state index in [1.807, 2.05) is 0 Å². The molecule has 11 heteroatoms. The Morgan fingerprint density at radius 3 is 2.45 bits per heavy atom. The Hall–Kier alpha value is -3.63. The molecule has 1 aromatic carbocycles. The molecule has 0 bridgehead atoms. The van der Waals surface area contributed by atoms with Crippen molar-refractivity contribution in [2.24, 2.45) is 5.92 Å². The van der Waals surface area contributed by atoms with E-state index in [0.29, 0.717) is 17.8 Å². The van der Waals surface area contributed by atoms with Gasteiger partial charge in [0.2, 0.25) is 11.8 Å². The largest absolute Gasteiger partial charge is 0.481 e. The average molecular weight is 434 g/mol. The van der Waals surface area contributed by atoms with Crippen molar-refractivity contribution in [3.05, 3.63) is 24.3 Å². The van der Waals surface area contributed by atoms with Gasteiger partial charge in [-0.2, -0.15) is 0 Å². The number of amides is 4. The van der Waals surface area contributed by atoms with Gasteiger partial charge in [0.15, 0.2) is 0 Å². The van der Waals surface area contributed by atoms with Gasteiger partial charge in [-0.25, -0.2) is 9.59 Å². The Bertz CT molecular complexity index is 873. The highest BCUT2D eigenvalue weighted by atomic mass is 16.4. The first kappa shape index (κ1) is 23.6. The number of aliphatic carboxylic acids is 2. The number of rotatable bonds is 9. The zero-order chi connectivity index (χ0) is 23.1. The fourth-order valence-corrected chi connectivity index (χ4v) is 3.11. The summed E-state index contributed by atoms with van der Waals surface area (Å²) in [6.07, 6.45) is -0.225. The zero-order valence-corrected chi connectivity index (χ0v) is 17.3. The fourth-order valence-electron chi connectivity index (χ4n) is 3.11. The predicted molar refractivity (Wildman–Crippen MR) is 111 cm³/mol. The summed E-state index contributed by atoms with van der Waals surface area (Å²) in [5.74, 6) is -4.04. The van der Waals surface area contributed by atoms with Crippen LogP contribution in [0, 0.1) is 5.92 Å². The van der Waals surface area contributed by atoms with Gasteiger partial charge in [-0.15, -0.1) is 0 Å². The van der Waals surface area contributed by atoms with Gasteiger partial charge in [-0.3, -0.25) is 19.3 Å². The van der Waals surface area contributed by atoms with E-state index in [2.05, 4.69) is 16.0 Å². The Kier molecular flexibility index (Phi) is 7.94. The van der Waals surface area contributed by atoms with E-state index in [1.165, 1.54) is 4.90 Å². The summed E-state index contributed by atoms with van der Waals surface area (Å²) in [6.45, 7) is 3.28. The molecule has 168 valence electrons. The molecule has 0 aliphatic carbocycles. The highest BCUT2D eigenvalue weighted by Gasteiger charge is 2.33. The van der Waals surface area contributed by atoms with E-state index >= 15 is 0 Å². The molecule has 4 amide bonds. The minimum absolute atomic E-state index is 0.242. The van der Waals surface area contributed by atoms with Gasteiger partial charge in [0.05, 0.1) is 11.4 Å². The number of benzene rings is 1. The number of carboxylic acids is 2. The molecular weight excluding hydrogens is 408 g/mol. The summed E-state index contributed by atoms with van der Waals surface area (Å²) in [6, 6.07) is 3.54. The number of hydrogen-bond acceptors (Lipinski definition) is 5. The van der Waals surface area contributed by atoms with Crippen molar-refractivity contribution >= 4 is 41.2 Å². The van der Waals surface area contributed by atoms with Gasteiger partial charge in [-0.05, 0) is 24.5 Å². The normalized spacial score (nSPS) is 15.7. The van der Waals surface area contributed by atoms with Crippen LogP contribution >= 0.6 is 0 Å². The molecular formula is C20H26N4O7. The van der Waals surface area contributed by atoms with Crippen LogP contribution in [0.25, 0.3) is 0 Å². The standard InChI is InChI=1S/C20H26N4O7/c1-3-11(2)17(18(28)22-13(19(29)30)8-9-16(26)27)23-20(31)24-10-15(25)21-12-6-4-5-7-14(12)24/h4-7,11,13,17H,3,8-10H2,1-2H3,(H,21,25)(H,22,28)(H,23,31)(H,26,27)(H,29,30)/t11-,13+,17-/m0/s1. The van der Waals surface area contributed by atoms with Crippen molar-refractivity contribution in [1.82, 2.24) is 10.6 Å². The summed E-state index contributed by atoms with van der Waals surface area (Å²) in [5, 5.41) is 25.6. The number of carbonyl (C=O) groups excluding carboxylic acids is 3. The molecule has 1 aromatic rings. The van der Waals surface area contributed by atoms with Crippen LogP contribution in [-0.4, -0.2) is 58.6 Å². The number of nitrogens with one attached hydrogen (secondary N) is 3. The minimum Gasteiger partial charge on any atom is -0.481 e. The lowest BCUT2D eigenvalue weighted by molar-refractivity contribution is -0.143. The Morgan fingerprint density at radius 2 is 1.84 bits per heavy atom. The van der Waals surface area contributed by atoms with Crippen molar-refractivity contribution < 1.29 is 34.2 Å². The van der Waals surface area contributed by atoms with Gasteiger partial charge in [0.25, 0.3) is 0 Å². The summed E-state index contributed by atoms with van der Waals surface area (Å²) >= 11 is 0. The molecule has 11 nitrogen and oxygen atoms in total. The van der Waals surface area contributed by atoms with Crippen LogP contribution in [0.2, 0.25) is 0 Å². The van der Waals surface area contributed by atoms with Crippen molar-refractivity contribution in [3.8, 4) is 0 Å². The summed E-state index contributed by atoms with van der Waals surface area (Å²) < 4.78 is 0. The van der Waals surface area contributed by atoms with Gasteiger partial charge in [-0.1, -0.05) is 32.4 Å². The first-order valence-corrected chi connectivity index (χ1v) is 9.85. The van der Waals surface area contributed by atoms with E-state index in [1.54, 1.807) is 38.1 Å². The third-order valence-electron chi connectivity index (χ3n) is 5.05. The van der Waals surface area contributed by atoms with Gasteiger partial charge < -0.3 is 26.2 Å². The Labute approximate surface area is 178 Å². The zero-order valence-electron chi connectivity index (χ0n) is 17.3. The van der Waals surface area contributed by atoms with Crippen LogP contribution < -0.4 is 20.9 Å². The molecule has 1 aliphatic rings. The van der Waals surface area contributed by atoms with E-state index < -0.39 is 48.3 Å². The molecule has 5 N–H and O–H groups in total. The first-order valence-electron chi connectivity index (χ1n) is 9.85. The first-order chi connectivity index (χ1) is 14.6. The van der Waals surface area contributed by atoms with E-state index in [0.717, 1.165) is 0 Å². The maximum Gasteiger partial charge on any atom is 0.326 e. The second kappa shape index (κ2) is 10.4. The van der Waals surface area contributed by atoms with Crippen LogP contribution in [0.4, 0.5) is 16.2 Å². The lowest BCUT2D eigenvalue weighted by atomic mass is 9.97. The molecule has 0 spiro atoms. The van der Waals surface area contributed by atoms with Crippen LogP contribution in [0.5, 0.6) is 0 Å². The third-order valence-corrected chi connectivity index (χ3v) is 5.05. The molecule has 0 fully saturated rings. The third kappa shape index (κ3) is 6.17. The van der Waals surface area contributed by atoms with Crippen molar-refractivity contribution in [2.45, 2.75) is 45.2 Å². The van der Waals surface area contributed by atoms with Crippen LogP contribution in [0.3, 0.4) is 0 Å². The molecule has 0 aromatic heterocycles. The number of para-hydroxylation sites is 2. The number of carboxylic acid groups (broad SMARTS) is 2. The van der Waals surface area contributed by atoms with Crippen LogP contribution in [0.15, 0.2) is 24.3 Å². The summed E-state index contributed by atoms with van der Waals surface area (Å²) in [4.78, 5) is 61.1. The van der Waals surface area contributed by atoms with Gasteiger partial charge in [0, 0.05) is 6.42 Å². The quantitative estimate of drug-likeness (QED) is 0.387. The van der Waals surface area contributed by atoms with Gasteiger partial charge in [0.1, 0.15) is 18.6 Å². The molecule has 0 saturated carbocycles. The molecule has 1 aliphatic heterocycles. The van der Waals surface area contributed by atoms with Crippen LogP contribution in [0.1, 0.15) is 33.1 Å². The lowest BCUT2D eigenvalue weighted by Crippen LogP contribution is -2.57. The maximum atomic E-state index is 12.9. The molecule has 0 saturated heterocycles. The molecule has 1 heterocycles. The second-order valence-electron chi connectivity index (χ2n) is 7.30. The number of fused-ring (bicyclic) bond motifs is 1. The molecule has 3 atom stereocenters. The topological polar surface area (TPSA) is 165 Å². The predicted octanol–water partition coefficient (Wildman–Crippen LogP) is 1.00. The monoisotopic (exact) mass is 434 g/mol. The fraction of sp³-hybridized carbons (Fsp3) is 0.450. The summed E-state index contributed by atoms with van der Waals surface area (Å²) in [7, 11) is 0. The van der Waals surface area contributed by atoms with E-state index in [-0.39, 0.29) is 18.9 Å². The Balaban J connectivity index is 2.18.